The fourth-order valence-electron chi connectivity index (χ4n) is 0.236. The lowest BCUT2D eigenvalue weighted by atomic mass is 10.7. The van der Waals surface area contributed by atoms with Crippen LogP contribution in [0.25, 0.3) is 0 Å². The first-order valence-corrected chi connectivity index (χ1v) is 1.52. The molecule has 0 aromatic rings. The highest BCUT2D eigenvalue weighted by atomic mass is 35.5. The molecule has 1 aliphatic rings. The highest BCUT2D eigenvalue weighted by molar-refractivity contribution is 5.85. The average molecular weight is 141 g/mol. The number of halogens is 2. The molecule has 2 nitrogen and oxygen atoms in total. The lowest BCUT2D eigenvalue weighted by molar-refractivity contribution is 1.14. The summed E-state index contributed by atoms with van der Waals surface area (Å²) in [5, 5.41) is 7.12. The molecule has 0 unspecified atom stereocenters. The summed E-state index contributed by atoms with van der Waals surface area (Å²) in [5.41, 5.74) is 0. The van der Waals surface area contributed by atoms with Crippen LogP contribution in [0.3, 0.4) is 0 Å². The van der Waals surface area contributed by atoms with Gasteiger partial charge in [-0.1, -0.05) is 0 Å². The van der Waals surface area contributed by atoms with Gasteiger partial charge in [-0.2, -0.15) is 10.2 Å². The Hall–Kier alpha value is -0.0800. The van der Waals surface area contributed by atoms with E-state index in [0.29, 0.717) is 0 Å². The number of hydrogen-bond donors (Lipinski definition) is 0. The zero-order valence-electron chi connectivity index (χ0n) is 3.57. The molecule has 0 amide bonds. The largest absolute Gasteiger partial charge is 0.185 e. The molecule has 1 aliphatic heterocycles. The highest BCUT2D eigenvalue weighted by Gasteiger charge is 1.74. The van der Waals surface area contributed by atoms with E-state index in [4.69, 9.17) is 0 Å². The van der Waals surface area contributed by atoms with E-state index in [0.717, 1.165) is 6.54 Å². The van der Waals surface area contributed by atoms with Gasteiger partial charge in [0.2, 0.25) is 0 Å². The summed E-state index contributed by atoms with van der Waals surface area (Å²) in [5.74, 6) is 0. The predicted octanol–water partition coefficient (Wildman–Crippen LogP) is 1.81. The molecule has 0 saturated carbocycles. The monoisotopic (exact) mass is 140 g/mol. The first-order chi connectivity index (χ1) is 2.50. The predicted molar refractivity (Wildman–Crippen MR) is 33.4 cm³/mol. The lowest BCUT2D eigenvalue weighted by Gasteiger charge is -1.56. The van der Waals surface area contributed by atoms with Gasteiger partial charge < -0.3 is 0 Å². The van der Waals surface area contributed by atoms with E-state index in [-0.39, 0.29) is 24.8 Å². The molecule has 4 heteroatoms. The van der Waals surface area contributed by atoms with Gasteiger partial charge in [-0.3, -0.25) is 0 Å². The molecule has 42 valence electrons. The molecule has 0 N–H and O–H groups in total. The van der Waals surface area contributed by atoms with Crippen LogP contribution >= 0.6 is 24.8 Å². The summed E-state index contributed by atoms with van der Waals surface area (Å²) in [6.07, 6.45) is 3.60. The number of nitrogens with zero attached hydrogens (tertiary/aromatic N) is 2. The maximum absolute atomic E-state index is 3.60. The molecule has 0 atom stereocenters. The Kier molecular flexibility index (Phi) is 8.47. The van der Waals surface area contributed by atoms with Gasteiger partial charge in [0.25, 0.3) is 0 Å². The van der Waals surface area contributed by atoms with Crippen molar-refractivity contribution in [2.75, 3.05) is 6.54 Å². The van der Waals surface area contributed by atoms with E-state index in [2.05, 4.69) is 10.2 Å². The Labute approximate surface area is 54.5 Å². The summed E-state index contributed by atoms with van der Waals surface area (Å²) < 4.78 is 0. The van der Waals surface area contributed by atoms with E-state index in [1.54, 1.807) is 6.20 Å². The molecule has 0 radical (unpaired) electrons. The fourth-order valence-corrected chi connectivity index (χ4v) is 0.236. The summed E-state index contributed by atoms with van der Waals surface area (Å²) in [4.78, 5) is 0. The first-order valence-electron chi connectivity index (χ1n) is 1.52. The summed E-state index contributed by atoms with van der Waals surface area (Å²) >= 11 is 0. The van der Waals surface area contributed by atoms with Crippen LogP contribution in [0.15, 0.2) is 22.5 Å². The number of rotatable bonds is 0. The topological polar surface area (TPSA) is 24.7 Å². The average Bonchev–Trinajstić information content (AvgIpc) is 1.76. The van der Waals surface area contributed by atoms with Crippen LogP contribution in [0.2, 0.25) is 0 Å². The Bertz CT molecular complexity index is 69.0. The van der Waals surface area contributed by atoms with Crippen molar-refractivity contribution in [1.82, 2.24) is 0 Å². The SMILES string of the molecule is C1=CN=NC1.Cl.Cl. The summed E-state index contributed by atoms with van der Waals surface area (Å²) in [6, 6.07) is 0. The molecule has 0 bridgehead atoms. The van der Waals surface area contributed by atoms with E-state index in [1.165, 1.54) is 0 Å². The normalized spacial score (nSPS) is 12.6. The van der Waals surface area contributed by atoms with Crippen LogP contribution in [0.5, 0.6) is 0 Å². The Morgan fingerprint density at radius 3 is 2.14 bits per heavy atom. The third kappa shape index (κ3) is 3.76. The van der Waals surface area contributed by atoms with Gasteiger partial charge in [-0.15, -0.1) is 24.8 Å². The molecular formula is C3H6Cl2N2. The van der Waals surface area contributed by atoms with E-state index in [1.807, 2.05) is 6.08 Å². The van der Waals surface area contributed by atoms with Gasteiger partial charge in [-0.05, 0) is 6.08 Å². The molecule has 0 aliphatic carbocycles. The Morgan fingerprint density at radius 1 is 1.29 bits per heavy atom. The second kappa shape index (κ2) is 5.92. The fraction of sp³-hybridized carbons (Fsp3) is 0.333. The van der Waals surface area contributed by atoms with Gasteiger partial charge in [0, 0.05) is 6.20 Å². The van der Waals surface area contributed by atoms with E-state index in [9.17, 15) is 0 Å². The van der Waals surface area contributed by atoms with Crippen LogP contribution < -0.4 is 0 Å². The van der Waals surface area contributed by atoms with E-state index >= 15 is 0 Å². The smallest absolute Gasteiger partial charge is 0.0802 e. The Balaban J connectivity index is 0. The maximum atomic E-state index is 3.60. The molecular weight excluding hydrogens is 135 g/mol. The first kappa shape index (κ1) is 10.0. The molecule has 0 fully saturated rings. The summed E-state index contributed by atoms with van der Waals surface area (Å²) in [6.45, 7) is 0.778. The van der Waals surface area contributed by atoms with Gasteiger partial charge in [0.05, 0.1) is 6.54 Å². The van der Waals surface area contributed by atoms with Gasteiger partial charge in [0.15, 0.2) is 0 Å². The minimum Gasteiger partial charge on any atom is -0.185 e. The van der Waals surface area contributed by atoms with Crippen molar-refractivity contribution < 1.29 is 0 Å². The highest BCUT2D eigenvalue weighted by Crippen LogP contribution is 1.86. The van der Waals surface area contributed by atoms with Crippen molar-refractivity contribution >= 4 is 24.8 Å². The lowest BCUT2D eigenvalue weighted by Crippen LogP contribution is -1.53. The Morgan fingerprint density at radius 2 is 2.00 bits per heavy atom. The van der Waals surface area contributed by atoms with Gasteiger partial charge >= 0.3 is 0 Å². The minimum atomic E-state index is 0. The van der Waals surface area contributed by atoms with Crippen molar-refractivity contribution in [3.63, 3.8) is 0 Å². The van der Waals surface area contributed by atoms with Crippen LogP contribution in [0.4, 0.5) is 0 Å². The third-order valence-electron chi connectivity index (χ3n) is 0.441. The summed E-state index contributed by atoms with van der Waals surface area (Å²) in [7, 11) is 0. The second-order valence-corrected chi connectivity index (χ2v) is 0.824. The van der Waals surface area contributed by atoms with E-state index < -0.39 is 0 Å². The minimum absolute atomic E-state index is 0. The van der Waals surface area contributed by atoms with Gasteiger partial charge in [0.1, 0.15) is 0 Å². The van der Waals surface area contributed by atoms with Crippen LogP contribution in [0, 0.1) is 0 Å². The molecule has 0 aromatic carbocycles. The second-order valence-electron chi connectivity index (χ2n) is 0.824. The third-order valence-corrected chi connectivity index (χ3v) is 0.441. The van der Waals surface area contributed by atoms with Crippen molar-refractivity contribution in [1.29, 1.82) is 0 Å². The van der Waals surface area contributed by atoms with Crippen LogP contribution in [-0.4, -0.2) is 6.54 Å². The zero-order chi connectivity index (χ0) is 3.54. The maximum Gasteiger partial charge on any atom is 0.0802 e. The standard InChI is InChI=1S/C3H4N2.2ClH/c1-2-4-5-3-1;;/h1-2H,3H2;2*1H. The van der Waals surface area contributed by atoms with Gasteiger partial charge in [-0.25, -0.2) is 0 Å². The van der Waals surface area contributed by atoms with Crippen molar-refractivity contribution in [3.05, 3.63) is 12.3 Å². The molecule has 7 heavy (non-hydrogen) atoms. The molecule has 0 aromatic heterocycles. The van der Waals surface area contributed by atoms with Crippen molar-refractivity contribution in [3.8, 4) is 0 Å². The van der Waals surface area contributed by atoms with Crippen LogP contribution in [0.1, 0.15) is 0 Å². The molecule has 1 rings (SSSR count). The molecule has 1 heterocycles. The number of azo groups is 1. The van der Waals surface area contributed by atoms with Crippen LogP contribution in [-0.2, 0) is 0 Å². The molecule has 0 spiro atoms. The number of hydrogen-bond acceptors (Lipinski definition) is 2. The quantitative estimate of drug-likeness (QED) is 0.491. The zero-order valence-corrected chi connectivity index (χ0v) is 5.21. The molecule has 0 saturated heterocycles. The van der Waals surface area contributed by atoms with Crippen molar-refractivity contribution in [2.24, 2.45) is 10.2 Å². The van der Waals surface area contributed by atoms with Crippen molar-refractivity contribution in [2.45, 2.75) is 0 Å².